The summed E-state index contributed by atoms with van der Waals surface area (Å²) in [5.74, 6) is 0.276. The molecule has 0 radical (unpaired) electrons. The topological polar surface area (TPSA) is 64.7 Å². The van der Waals surface area contributed by atoms with Gasteiger partial charge in [-0.3, -0.25) is 4.98 Å². The Morgan fingerprint density at radius 2 is 1.80 bits per heavy atom. The number of anilines is 1. The summed E-state index contributed by atoms with van der Waals surface area (Å²) in [7, 11) is 0. The molecule has 2 aromatic rings. The molecular formula is C11H10N4. The van der Waals surface area contributed by atoms with Crippen LogP contribution >= 0.6 is 0 Å². The van der Waals surface area contributed by atoms with Crippen LogP contribution in [0.1, 0.15) is 11.4 Å². The first kappa shape index (κ1) is 9.33. The van der Waals surface area contributed by atoms with E-state index in [2.05, 4.69) is 15.0 Å². The highest BCUT2D eigenvalue weighted by atomic mass is 15.0. The number of aromatic nitrogens is 3. The van der Waals surface area contributed by atoms with Crippen LogP contribution in [0.25, 0.3) is 12.2 Å². The Balaban J connectivity index is 2.19. The van der Waals surface area contributed by atoms with E-state index < -0.39 is 0 Å². The van der Waals surface area contributed by atoms with Crippen LogP contribution in [0.15, 0.2) is 36.7 Å². The van der Waals surface area contributed by atoms with Crippen molar-refractivity contribution in [1.82, 2.24) is 15.0 Å². The van der Waals surface area contributed by atoms with Gasteiger partial charge in [0.1, 0.15) is 0 Å². The standard InChI is InChI=1S/C11H10N4/c12-11-14-8-6-10(15-11)5-4-9-3-1-2-7-13-9/h1-8H,(H2,12,14,15)/b5-4+. The molecule has 0 aliphatic carbocycles. The van der Waals surface area contributed by atoms with Gasteiger partial charge in [-0.05, 0) is 30.4 Å². The van der Waals surface area contributed by atoms with Gasteiger partial charge < -0.3 is 5.73 Å². The number of nitrogens with two attached hydrogens (primary N) is 1. The van der Waals surface area contributed by atoms with Crippen molar-refractivity contribution >= 4 is 18.1 Å². The van der Waals surface area contributed by atoms with E-state index in [1.165, 1.54) is 0 Å². The largest absolute Gasteiger partial charge is 0.368 e. The van der Waals surface area contributed by atoms with Crippen molar-refractivity contribution in [3.63, 3.8) is 0 Å². The van der Waals surface area contributed by atoms with Gasteiger partial charge in [0.05, 0.1) is 11.4 Å². The molecule has 0 atom stereocenters. The van der Waals surface area contributed by atoms with Gasteiger partial charge in [-0.1, -0.05) is 6.07 Å². The predicted octanol–water partition coefficient (Wildman–Crippen LogP) is 1.62. The number of rotatable bonds is 2. The number of nitrogens with zero attached hydrogens (tertiary/aromatic N) is 3. The molecule has 0 bridgehead atoms. The van der Waals surface area contributed by atoms with Crippen LogP contribution in [0.5, 0.6) is 0 Å². The molecule has 0 aliphatic heterocycles. The molecule has 0 saturated heterocycles. The van der Waals surface area contributed by atoms with Crippen molar-refractivity contribution in [2.75, 3.05) is 5.73 Å². The fraction of sp³-hybridized carbons (Fsp3) is 0. The maximum atomic E-state index is 5.46. The molecule has 0 aromatic carbocycles. The lowest BCUT2D eigenvalue weighted by molar-refractivity contribution is 1.17. The molecule has 0 fully saturated rings. The summed E-state index contributed by atoms with van der Waals surface area (Å²) in [4.78, 5) is 12.0. The molecule has 15 heavy (non-hydrogen) atoms. The Morgan fingerprint density at radius 1 is 0.933 bits per heavy atom. The van der Waals surface area contributed by atoms with E-state index >= 15 is 0 Å². The number of nitrogen functional groups attached to an aromatic ring is 1. The summed E-state index contributed by atoms with van der Waals surface area (Å²) >= 11 is 0. The van der Waals surface area contributed by atoms with Crippen molar-refractivity contribution in [3.8, 4) is 0 Å². The number of pyridine rings is 1. The highest BCUT2D eigenvalue weighted by Gasteiger charge is 1.90. The zero-order chi connectivity index (χ0) is 10.5. The van der Waals surface area contributed by atoms with Gasteiger partial charge in [0.2, 0.25) is 5.95 Å². The average Bonchev–Trinajstić information content (AvgIpc) is 2.28. The minimum atomic E-state index is 0.276. The minimum Gasteiger partial charge on any atom is -0.368 e. The van der Waals surface area contributed by atoms with Crippen molar-refractivity contribution < 1.29 is 0 Å². The number of hydrogen-bond acceptors (Lipinski definition) is 4. The average molecular weight is 198 g/mol. The van der Waals surface area contributed by atoms with Gasteiger partial charge in [-0.2, -0.15) is 0 Å². The summed E-state index contributed by atoms with van der Waals surface area (Å²) in [5.41, 5.74) is 7.11. The van der Waals surface area contributed by atoms with E-state index in [9.17, 15) is 0 Å². The van der Waals surface area contributed by atoms with Crippen LogP contribution in [0.4, 0.5) is 5.95 Å². The summed E-state index contributed by atoms with van der Waals surface area (Å²) in [6, 6.07) is 7.51. The second kappa shape index (κ2) is 4.32. The first-order chi connectivity index (χ1) is 7.34. The van der Waals surface area contributed by atoms with E-state index in [0.717, 1.165) is 11.4 Å². The molecule has 2 N–H and O–H groups in total. The van der Waals surface area contributed by atoms with Gasteiger partial charge in [-0.25, -0.2) is 9.97 Å². The minimum absolute atomic E-state index is 0.276. The zero-order valence-electron chi connectivity index (χ0n) is 8.04. The lowest BCUT2D eigenvalue weighted by atomic mass is 10.3. The maximum Gasteiger partial charge on any atom is 0.220 e. The normalized spacial score (nSPS) is 10.7. The van der Waals surface area contributed by atoms with Gasteiger partial charge in [0.25, 0.3) is 0 Å². The molecule has 2 rings (SSSR count). The Hall–Kier alpha value is -2.23. The van der Waals surface area contributed by atoms with Gasteiger partial charge in [0, 0.05) is 12.4 Å². The van der Waals surface area contributed by atoms with Crippen LogP contribution in [0.3, 0.4) is 0 Å². The van der Waals surface area contributed by atoms with Crippen molar-refractivity contribution in [1.29, 1.82) is 0 Å². The Kier molecular flexibility index (Phi) is 2.69. The molecule has 0 spiro atoms. The van der Waals surface area contributed by atoms with Gasteiger partial charge in [-0.15, -0.1) is 0 Å². The molecule has 2 heterocycles. The molecule has 0 amide bonds. The van der Waals surface area contributed by atoms with Crippen molar-refractivity contribution in [2.24, 2.45) is 0 Å². The molecule has 4 heteroatoms. The summed E-state index contributed by atoms with van der Waals surface area (Å²) in [5, 5.41) is 0. The van der Waals surface area contributed by atoms with Crippen LogP contribution in [-0.2, 0) is 0 Å². The van der Waals surface area contributed by atoms with Gasteiger partial charge >= 0.3 is 0 Å². The van der Waals surface area contributed by atoms with Crippen LogP contribution in [0.2, 0.25) is 0 Å². The predicted molar refractivity (Wildman–Crippen MR) is 59.6 cm³/mol. The molecule has 74 valence electrons. The Bertz CT molecular complexity index is 465. The zero-order valence-corrected chi connectivity index (χ0v) is 8.04. The third kappa shape index (κ3) is 2.60. The summed E-state index contributed by atoms with van der Waals surface area (Å²) < 4.78 is 0. The van der Waals surface area contributed by atoms with E-state index in [-0.39, 0.29) is 5.95 Å². The summed E-state index contributed by atoms with van der Waals surface area (Å²) in [6.45, 7) is 0. The van der Waals surface area contributed by atoms with E-state index in [4.69, 9.17) is 5.73 Å². The molecule has 4 nitrogen and oxygen atoms in total. The smallest absolute Gasteiger partial charge is 0.220 e. The molecule has 0 aliphatic rings. The lowest BCUT2D eigenvalue weighted by Gasteiger charge is -1.94. The third-order valence-corrected chi connectivity index (χ3v) is 1.81. The monoisotopic (exact) mass is 198 g/mol. The fourth-order valence-electron chi connectivity index (χ4n) is 1.13. The highest BCUT2D eigenvalue weighted by Crippen LogP contribution is 2.03. The van der Waals surface area contributed by atoms with Crippen molar-refractivity contribution in [3.05, 3.63) is 48.0 Å². The molecule has 0 saturated carbocycles. The third-order valence-electron chi connectivity index (χ3n) is 1.81. The van der Waals surface area contributed by atoms with E-state index in [1.807, 2.05) is 30.4 Å². The second-order valence-electron chi connectivity index (χ2n) is 2.93. The van der Waals surface area contributed by atoms with E-state index in [0.29, 0.717) is 0 Å². The molecule has 0 unspecified atom stereocenters. The van der Waals surface area contributed by atoms with E-state index in [1.54, 1.807) is 18.5 Å². The SMILES string of the molecule is Nc1nccc(/C=C/c2ccccn2)n1. The maximum absolute atomic E-state index is 5.46. The molecule has 2 aromatic heterocycles. The van der Waals surface area contributed by atoms with Crippen LogP contribution in [-0.4, -0.2) is 15.0 Å². The number of hydrogen-bond donors (Lipinski definition) is 1. The van der Waals surface area contributed by atoms with Gasteiger partial charge in [0.15, 0.2) is 0 Å². The van der Waals surface area contributed by atoms with Crippen LogP contribution in [0, 0.1) is 0 Å². The fourth-order valence-corrected chi connectivity index (χ4v) is 1.13. The lowest BCUT2D eigenvalue weighted by Crippen LogP contribution is -1.94. The second-order valence-corrected chi connectivity index (χ2v) is 2.93. The first-order valence-electron chi connectivity index (χ1n) is 4.52. The highest BCUT2D eigenvalue weighted by molar-refractivity contribution is 5.66. The van der Waals surface area contributed by atoms with Crippen LogP contribution < -0.4 is 5.73 Å². The van der Waals surface area contributed by atoms with Crippen molar-refractivity contribution in [2.45, 2.75) is 0 Å². The Labute approximate surface area is 87.5 Å². The quantitative estimate of drug-likeness (QED) is 0.796. The first-order valence-corrected chi connectivity index (χ1v) is 4.52. The summed E-state index contributed by atoms with van der Waals surface area (Å²) in [6.07, 6.45) is 7.09. The molecular weight excluding hydrogens is 188 g/mol. The Morgan fingerprint density at radius 3 is 2.53 bits per heavy atom.